The second kappa shape index (κ2) is 8.37. The van der Waals surface area contributed by atoms with Gasteiger partial charge in [-0.3, -0.25) is 0 Å². The lowest BCUT2D eigenvalue weighted by Crippen LogP contribution is -2.17. The van der Waals surface area contributed by atoms with Crippen molar-refractivity contribution >= 4 is 12.2 Å². The third kappa shape index (κ3) is 3.91. The Hall–Kier alpha value is -3.81. The fourth-order valence-electron chi connectivity index (χ4n) is 4.06. The van der Waals surface area contributed by atoms with Gasteiger partial charge in [0.2, 0.25) is 5.88 Å². The van der Waals surface area contributed by atoms with Crippen molar-refractivity contribution in [3.05, 3.63) is 83.3 Å². The maximum atomic E-state index is 13.3. The van der Waals surface area contributed by atoms with Crippen LogP contribution in [0.5, 0.6) is 5.88 Å². The first-order valence-electron chi connectivity index (χ1n) is 10.5. The average molecular weight is 430 g/mol. The number of aromatic nitrogens is 6. The predicted molar refractivity (Wildman–Crippen MR) is 119 cm³/mol. The molecule has 0 N–H and O–H groups in total. The summed E-state index contributed by atoms with van der Waals surface area (Å²) in [5.41, 5.74) is 3.69. The van der Waals surface area contributed by atoms with Gasteiger partial charge in [-0.2, -0.15) is 5.10 Å². The van der Waals surface area contributed by atoms with Crippen LogP contribution in [0.15, 0.2) is 49.1 Å². The summed E-state index contributed by atoms with van der Waals surface area (Å²) in [5, 5.41) is 4.66. The molecule has 5 rings (SSSR count). The minimum Gasteiger partial charge on any atom is -0.480 e. The van der Waals surface area contributed by atoms with Crippen molar-refractivity contribution < 1.29 is 9.13 Å². The van der Waals surface area contributed by atoms with Crippen LogP contribution in [0, 0.1) is 12.7 Å². The van der Waals surface area contributed by atoms with E-state index >= 15 is 0 Å². The number of ether oxygens (including phenoxy) is 1. The lowest BCUT2D eigenvalue weighted by Gasteiger charge is -2.22. The van der Waals surface area contributed by atoms with E-state index in [0.29, 0.717) is 11.7 Å². The van der Waals surface area contributed by atoms with Crippen LogP contribution in [0.3, 0.4) is 0 Å². The molecule has 0 amide bonds. The lowest BCUT2D eigenvalue weighted by molar-refractivity contribution is 0.396. The molecule has 32 heavy (non-hydrogen) atoms. The maximum Gasteiger partial charge on any atom is 0.238 e. The van der Waals surface area contributed by atoms with Crippen LogP contribution in [-0.2, 0) is 6.54 Å². The molecule has 0 fully saturated rings. The van der Waals surface area contributed by atoms with Crippen LogP contribution < -0.4 is 4.74 Å². The summed E-state index contributed by atoms with van der Waals surface area (Å²) in [5.74, 6) is 1.98. The first kappa shape index (κ1) is 20.1. The molecular weight excluding hydrogens is 407 g/mol. The highest BCUT2D eigenvalue weighted by Crippen LogP contribution is 2.32. The SMILES string of the molecule is COc1ncc(/C=C/c2nc3n(n2)CCC[C@@H]3c2ccc(F)cc2)cc1-n1cnc(C)c1. The van der Waals surface area contributed by atoms with Crippen molar-refractivity contribution in [1.29, 1.82) is 0 Å². The van der Waals surface area contributed by atoms with E-state index < -0.39 is 0 Å². The highest BCUT2D eigenvalue weighted by molar-refractivity contribution is 5.68. The number of rotatable bonds is 5. The van der Waals surface area contributed by atoms with Gasteiger partial charge >= 0.3 is 0 Å². The van der Waals surface area contributed by atoms with Crippen molar-refractivity contribution in [1.82, 2.24) is 29.3 Å². The molecule has 3 aromatic heterocycles. The molecule has 162 valence electrons. The zero-order valence-corrected chi connectivity index (χ0v) is 17.9. The maximum absolute atomic E-state index is 13.3. The third-order valence-corrected chi connectivity index (χ3v) is 5.62. The average Bonchev–Trinajstić information content (AvgIpc) is 3.44. The Kier molecular flexibility index (Phi) is 5.26. The van der Waals surface area contributed by atoms with Crippen molar-refractivity contribution in [2.24, 2.45) is 0 Å². The number of hydrogen-bond donors (Lipinski definition) is 0. The molecule has 7 nitrogen and oxygen atoms in total. The molecule has 1 aliphatic rings. The number of fused-ring (bicyclic) bond motifs is 1. The monoisotopic (exact) mass is 430 g/mol. The molecule has 4 heterocycles. The summed E-state index contributed by atoms with van der Waals surface area (Å²) in [6, 6.07) is 8.66. The highest BCUT2D eigenvalue weighted by atomic mass is 19.1. The van der Waals surface area contributed by atoms with Gasteiger partial charge in [0.05, 0.1) is 19.1 Å². The first-order chi connectivity index (χ1) is 15.6. The van der Waals surface area contributed by atoms with E-state index in [0.717, 1.165) is 47.7 Å². The third-order valence-electron chi connectivity index (χ3n) is 5.62. The molecule has 0 unspecified atom stereocenters. The van der Waals surface area contributed by atoms with Gasteiger partial charge in [0.25, 0.3) is 0 Å². The van der Waals surface area contributed by atoms with Gasteiger partial charge in [0.15, 0.2) is 5.82 Å². The Balaban J connectivity index is 1.43. The van der Waals surface area contributed by atoms with Gasteiger partial charge in [0.1, 0.15) is 17.3 Å². The molecule has 0 aliphatic carbocycles. The van der Waals surface area contributed by atoms with Gasteiger partial charge in [-0.05, 0) is 61.2 Å². The summed E-state index contributed by atoms with van der Waals surface area (Å²) in [4.78, 5) is 13.5. The number of hydrogen-bond acceptors (Lipinski definition) is 5. The number of benzene rings is 1. The van der Waals surface area contributed by atoms with Gasteiger partial charge < -0.3 is 9.30 Å². The van der Waals surface area contributed by atoms with Crippen LogP contribution in [-0.4, -0.2) is 36.4 Å². The van der Waals surface area contributed by atoms with Crippen LogP contribution in [0.4, 0.5) is 4.39 Å². The normalized spacial score (nSPS) is 15.8. The molecule has 0 saturated heterocycles. The minimum atomic E-state index is -0.229. The number of nitrogens with zero attached hydrogens (tertiary/aromatic N) is 6. The van der Waals surface area contributed by atoms with Crippen molar-refractivity contribution in [3.63, 3.8) is 0 Å². The zero-order chi connectivity index (χ0) is 22.1. The van der Waals surface area contributed by atoms with E-state index in [-0.39, 0.29) is 11.7 Å². The second-order valence-corrected chi connectivity index (χ2v) is 7.85. The molecule has 1 atom stereocenters. The Labute approximate surface area is 185 Å². The zero-order valence-electron chi connectivity index (χ0n) is 17.9. The number of methoxy groups -OCH3 is 1. The molecular formula is C24H23FN6O. The summed E-state index contributed by atoms with van der Waals surface area (Å²) < 4.78 is 22.6. The fraction of sp³-hybridized carbons (Fsp3) is 0.250. The van der Waals surface area contributed by atoms with Crippen molar-refractivity contribution in [2.45, 2.75) is 32.2 Å². The fourth-order valence-corrected chi connectivity index (χ4v) is 4.06. The smallest absolute Gasteiger partial charge is 0.238 e. The van der Waals surface area contributed by atoms with E-state index in [1.807, 2.05) is 52.7 Å². The number of aryl methyl sites for hydroxylation is 2. The quantitative estimate of drug-likeness (QED) is 0.469. The molecule has 0 spiro atoms. The van der Waals surface area contributed by atoms with E-state index in [4.69, 9.17) is 9.72 Å². The number of halogens is 1. The predicted octanol–water partition coefficient (Wildman–Crippen LogP) is 4.41. The largest absolute Gasteiger partial charge is 0.480 e. The van der Waals surface area contributed by atoms with E-state index in [2.05, 4.69) is 15.1 Å². The topological polar surface area (TPSA) is 70.7 Å². The van der Waals surface area contributed by atoms with E-state index in [1.54, 1.807) is 19.6 Å². The Bertz CT molecular complexity index is 1270. The molecule has 0 radical (unpaired) electrons. The van der Waals surface area contributed by atoms with Gasteiger partial charge in [-0.15, -0.1) is 0 Å². The Morgan fingerprint density at radius 3 is 2.75 bits per heavy atom. The van der Waals surface area contributed by atoms with Gasteiger partial charge in [0, 0.05) is 24.9 Å². The summed E-state index contributed by atoms with van der Waals surface area (Å²) in [6.45, 7) is 2.77. The summed E-state index contributed by atoms with van der Waals surface area (Å²) in [6.07, 6.45) is 11.2. The lowest BCUT2D eigenvalue weighted by atomic mass is 9.91. The molecule has 1 aromatic carbocycles. The Morgan fingerprint density at radius 2 is 2.00 bits per heavy atom. The van der Waals surface area contributed by atoms with E-state index in [1.165, 1.54) is 12.1 Å². The molecule has 8 heteroatoms. The van der Waals surface area contributed by atoms with Gasteiger partial charge in [-0.25, -0.2) is 24.0 Å². The Morgan fingerprint density at radius 1 is 1.16 bits per heavy atom. The first-order valence-corrected chi connectivity index (χ1v) is 10.5. The number of pyridine rings is 1. The van der Waals surface area contributed by atoms with Crippen LogP contribution in [0.1, 0.15) is 47.2 Å². The summed E-state index contributed by atoms with van der Waals surface area (Å²) in [7, 11) is 1.60. The molecule has 4 aromatic rings. The van der Waals surface area contributed by atoms with Crippen molar-refractivity contribution in [2.75, 3.05) is 7.11 Å². The minimum absolute atomic E-state index is 0.123. The van der Waals surface area contributed by atoms with Crippen LogP contribution in [0.2, 0.25) is 0 Å². The highest BCUT2D eigenvalue weighted by Gasteiger charge is 2.25. The molecule has 0 bridgehead atoms. The van der Waals surface area contributed by atoms with E-state index in [9.17, 15) is 4.39 Å². The van der Waals surface area contributed by atoms with Gasteiger partial charge in [-0.1, -0.05) is 12.1 Å². The number of imidazole rings is 1. The molecule has 0 saturated carbocycles. The second-order valence-electron chi connectivity index (χ2n) is 7.85. The van der Waals surface area contributed by atoms with Crippen LogP contribution in [0.25, 0.3) is 17.8 Å². The molecule has 1 aliphatic heterocycles. The standard InChI is InChI=1S/C24H23FN6O/c1-16-14-30(15-27-16)21-12-17(13-26-24(21)32-2)5-10-22-28-23-20(4-3-11-31(23)29-22)18-6-8-19(25)9-7-18/h5-10,12-15,20H,3-4,11H2,1-2H3/b10-5+/t20-/m1/s1. The van der Waals surface area contributed by atoms with Crippen LogP contribution >= 0.6 is 0 Å². The van der Waals surface area contributed by atoms with Crippen molar-refractivity contribution in [3.8, 4) is 11.6 Å². The summed E-state index contributed by atoms with van der Waals surface area (Å²) >= 11 is 0.